The van der Waals surface area contributed by atoms with Gasteiger partial charge in [-0.1, -0.05) is 6.92 Å². The van der Waals surface area contributed by atoms with Crippen molar-refractivity contribution in [2.45, 2.75) is 26.7 Å². The van der Waals surface area contributed by atoms with Gasteiger partial charge in [0.05, 0.1) is 10.7 Å². The lowest BCUT2D eigenvalue weighted by Gasteiger charge is -1.97. The number of aldehydes is 1. The molecule has 3 heteroatoms. The van der Waals surface area contributed by atoms with Gasteiger partial charge < -0.3 is 4.79 Å². The zero-order valence-corrected chi connectivity index (χ0v) is 7.73. The zero-order chi connectivity index (χ0) is 8.43. The van der Waals surface area contributed by atoms with Crippen LogP contribution in [-0.4, -0.2) is 11.3 Å². The Kier molecular flexibility index (Phi) is 2.39. The second-order valence-electron chi connectivity index (χ2n) is 2.61. The summed E-state index contributed by atoms with van der Waals surface area (Å²) < 4.78 is 0. The fourth-order valence-corrected chi connectivity index (χ4v) is 1.97. The molecule has 1 heterocycles. The van der Waals surface area contributed by atoms with Crippen LogP contribution in [0.15, 0.2) is 0 Å². The Labute approximate surface area is 70.3 Å². The predicted octanol–water partition coefficient (Wildman–Crippen LogP) is 2.06. The van der Waals surface area contributed by atoms with Gasteiger partial charge in [0.25, 0.3) is 0 Å². The quantitative estimate of drug-likeness (QED) is 0.634. The van der Waals surface area contributed by atoms with Gasteiger partial charge in [0.2, 0.25) is 0 Å². The molecule has 1 unspecified atom stereocenters. The monoisotopic (exact) mass is 169 g/mol. The molecule has 60 valence electrons. The van der Waals surface area contributed by atoms with Crippen molar-refractivity contribution in [1.82, 2.24) is 4.98 Å². The van der Waals surface area contributed by atoms with Crippen molar-refractivity contribution in [2.24, 2.45) is 0 Å². The van der Waals surface area contributed by atoms with Crippen LogP contribution in [0.5, 0.6) is 0 Å². The number of carbonyl (C=O) groups is 1. The summed E-state index contributed by atoms with van der Waals surface area (Å²) in [4.78, 5) is 15.8. The Morgan fingerprint density at radius 2 is 2.18 bits per heavy atom. The smallest absolute Gasteiger partial charge is 0.128 e. The topological polar surface area (TPSA) is 30.0 Å². The first kappa shape index (κ1) is 8.40. The molecule has 0 N–H and O–H groups in total. The second-order valence-corrected chi connectivity index (χ2v) is 3.84. The van der Waals surface area contributed by atoms with Gasteiger partial charge in [-0.05, 0) is 13.8 Å². The summed E-state index contributed by atoms with van der Waals surface area (Å²) in [5.41, 5.74) is 0.993. The van der Waals surface area contributed by atoms with Gasteiger partial charge in [0.1, 0.15) is 6.29 Å². The van der Waals surface area contributed by atoms with Crippen molar-refractivity contribution in [2.75, 3.05) is 0 Å². The summed E-state index contributed by atoms with van der Waals surface area (Å²) in [6.07, 6.45) is 0.958. The molecule has 0 aliphatic carbocycles. The van der Waals surface area contributed by atoms with Crippen LogP contribution in [0.25, 0.3) is 0 Å². The van der Waals surface area contributed by atoms with E-state index in [1.165, 1.54) is 0 Å². The number of aryl methyl sites for hydroxylation is 2. The largest absolute Gasteiger partial charge is 0.303 e. The average molecular weight is 169 g/mol. The molecule has 0 aliphatic rings. The molecule has 1 aromatic heterocycles. The highest BCUT2D eigenvalue weighted by atomic mass is 32.1. The van der Waals surface area contributed by atoms with Crippen LogP contribution < -0.4 is 0 Å². The van der Waals surface area contributed by atoms with Gasteiger partial charge in [0.15, 0.2) is 0 Å². The normalized spacial score (nSPS) is 13.0. The van der Waals surface area contributed by atoms with E-state index in [0.717, 1.165) is 21.9 Å². The van der Waals surface area contributed by atoms with Crippen molar-refractivity contribution in [3.05, 3.63) is 15.6 Å². The predicted molar refractivity (Wildman–Crippen MR) is 46.1 cm³/mol. The summed E-state index contributed by atoms with van der Waals surface area (Å²) in [5, 5.41) is 1.03. The van der Waals surface area contributed by atoms with E-state index in [1.807, 2.05) is 20.8 Å². The van der Waals surface area contributed by atoms with E-state index >= 15 is 0 Å². The highest BCUT2D eigenvalue weighted by Gasteiger charge is 2.10. The number of hydrogen-bond donors (Lipinski definition) is 0. The molecule has 0 bridgehead atoms. The fraction of sp³-hybridized carbons (Fsp3) is 0.500. The van der Waals surface area contributed by atoms with Crippen molar-refractivity contribution in [1.29, 1.82) is 0 Å². The second kappa shape index (κ2) is 3.13. The molecule has 1 aromatic rings. The first-order valence-electron chi connectivity index (χ1n) is 3.54. The first-order chi connectivity index (χ1) is 5.15. The lowest BCUT2D eigenvalue weighted by Crippen LogP contribution is -1.92. The Bertz CT molecular complexity index is 267. The summed E-state index contributed by atoms with van der Waals surface area (Å²) in [7, 11) is 0. The van der Waals surface area contributed by atoms with Crippen LogP contribution >= 0.6 is 11.3 Å². The molecule has 1 atom stereocenters. The summed E-state index contributed by atoms with van der Waals surface area (Å²) in [6, 6.07) is 0. The van der Waals surface area contributed by atoms with E-state index in [1.54, 1.807) is 11.3 Å². The molecule has 0 aliphatic heterocycles. The maximum absolute atomic E-state index is 10.4. The van der Waals surface area contributed by atoms with Crippen molar-refractivity contribution in [3.8, 4) is 0 Å². The highest BCUT2D eigenvalue weighted by molar-refractivity contribution is 7.11. The van der Waals surface area contributed by atoms with E-state index in [4.69, 9.17) is 0 Å². The Morgan fingerprint density at radius 1 is 1.55 bits per heavy atom. The molecule has 11 heavy (non-hydrogen) atoms. The minimum atomic E-state index is 0.00111. The molecule has 0 aromatic carbocycles. The van der Waals surface area contributed by atoms with E-state index in [-0.39, 0.29) is 5.92 Å². The SMILES string of the molecule is Cc1nc(C)c(C(C)C=O)s1. The molecule has 0 fully saturated rings. The van der Waals surface area contributed by atoms with E-state index < -0.39 is 0 Å². The average Bonchev–Trinajstić information content (AvgIpc) is 2.28. The third-order valence-electron chi connectivity index (χ3n) is 1.56. The number of hydrogen-bond acceptors (Lipinski definition) is 3. The van der Waals surface area contributed by atoms with E-state index in [9.17, 15) is 4.79 Å². The van der Waals surface area contributed by atoms with E-state index in [0.29, 0.717) is 0 Å². The Balaban J connectivity index is 3.02. The fourth-order valence-electron chi connectivity index (χ4n) is 1.03. The summed E-state index contributed by atoms with van der Waals surface area (Å²) in [5.74, 6) is 0.00111. The van der Waals surface area contributed by atoms with Crippen molar-refractivity contribution >= 4 is 17.6 Å². The van der Waals surface area contributed by atoms with Crippen LogP contribution in [0.4, 0.5) is 0 Å². The minimum absolute atomic E-state index is 0.00111. The van der Waals surface area contributed by atoms with Gasteiger partial charge in [0, 0.05) is 10.8 Å². The number of carbonyl (C=O) groups excluding carboxylic acids is 1. The van der Waals surface area contributed by atoms with E-state index in [2.05, 4.69) is 4.98 Å². The maximum Gasteiger partial charge on any atom is 0.128 e. The molecule has 0 saturated heterocycles. The standard InChI is InChI=1S/C8H11NOS/c1-5(4-10)8-6(2)9-7(3)11-8/h4-5H,1-3H3. The molecule has 0 spiro atoms. The summed E-state index contributed by atoms with van der Waals surface area (Å²) >= 11 is 1.60. The molecular formula is C8H11NOS. The van der Waals surface area contributed by atoms with Gasteiger partial charge in [-0.3, -0.25) is 0 Å². The minimum Gasteiger partial charge on any atom is -0.303 e. The number of rotatable bonds is 2. The molecule has 1 rings (SSSR count). The highest BCUT2D eigenvalue weighted by Crippen LogP contribution is 2.24. The van der Waals surface area contributed by atoms with Crippen molar-refractivity contribution < 1.29 is 4.79 Å². The Morgan fingerprint density at radius 3 is 2.55 bits per heavy atom. The summed E-state index contributed by atoms with van der Waals surface area (Å²) in [6.45, 7) is 5.80. The lowest BCUT2D eigenvalue weighted by atomic mass is 10.1. The first-order valence-corrected chi connectivity index (χ1v) is 4.36. The lowest BCUT2D eigenvalue weighted by molar-refractivity contribution is -0.108. The molecule has 2 nitrogen and oxygen atoms in total. The van der Waals surface area contributed by atoms with Gasteiger partial charge >= 0.3 is 0 Å². The van der Waals surface area contributed by atoms with Gasteiger partial charge in [-0.15, -0.1) is 11.3 Å². The van der Waals surface area contributed by atoms with Gasteiger partial charge in [-0.2, -0.15) is 0 Å². The third kappa shape index (κ3) is 1.66. The van der Waals surface area contributed by atoms with Gasteiger partial charge in [-0.25, -0.2) is 4.98 Å². The number of aromatic nitrogens is 1. The molecule has 0 saturated carbocycles. The molecule has 0 radical (unpaired) electrons. The van der Waals surface area contributed by atoms with Crippen LogP contribution in [-0.2, 0) is 4.79 Å². The van der Waals surface area contributed by atoms with Crippen LogP contribution in [0.3, 0.4) is 0 Å². The molecule has 0 amide bonds. The third-order valence-corrected chi connectivity index (χ3v) is 2.83. The maximum atomic E-state index is 10.4. The van der Waals surface area contributed by atoms with Crippen molar-refractivity contribution in [3.63, 3.8) is 0 Å². The number of nitrogens with zero attached hydrogens (tertiary/aromatic N) is 1. The zero-order valence-electron chi connectivity index (χ0n) is 6.92. The van der Waals surface area contributed by atoms with Crippen LogP contribution in [0, 0.1) is 13.8 Å². The van der Waals surface area contributed by atoms with Crippen LogP contribution in [0.1, 0.15) is 28.4 Å². The number of thiazole rings is 1. The molecular weight excluding hydrogens is 158 g/mol. The van der Waals surface area contributed by atoms with Crippen LogP contribution in [0.2, 0.25) is 0 Å². The Hall–Kier alpha value is -0.700.